The largest absolute Gasteiger partial charge is 0.496 e. The molecule has 0 aliphatic heterocycles. The van der Waals surface area contributed by atoms with Crippen molar-refractivity contribution in [2.75, 3.05) is 19.0 Å². The second kappa shape index (κ2) is 7.61. The fraction of sp³-hybridized carbons (Fsp3) is 0.125. The third-order valence-electron chi connectivity index (χ3n) is 2.77. The number of halogens is 1. The van der Waals surface area contributed by atoms with Crippen molar-refractivity contribution in [2.45, 2.75) is 0 Å². The lowest BCUT2D eigenvalue weighted by atomic mass is 10.2. The second-order valence-electron chi connectivity index (χ2n) is 4.33. The molecule has 0 saturated heterocycles. The zero-order valence-electron chi connectivity index (χ0n) is 11.8. The van der Waals surface area contributed by atoms with Gasteiger partial charge in [-0.3, -0.25) is 4.79 Å². The van der Waals surface area contributed by atoms with Gasteiger partial charge in [0, 0.05) is 10.2 Å². The summed E-state index contributed by atoms with van der Waals surface area (Å²) in [4.78, 5) is 23.7. The van der Waals surface area contributed by atoms with Crippen LogP contribution in [0.15, 0.2) is 53.0 Å². The first-order valence-corrected chi connectivity index (χ1v) is 7.25. The molecular weight excluding hydrogens is 350 g/mol. The molecule has 0 bridgehead atoms. The predicted octanol–water partition coefficient (Wildman–Crippen LogP) is 3.25. The molecule has 0 fully saturated rings. The number of nitrogens with one attached hydrogen (secondary N) is 1. The summed E-state index contributed by atoms with van der Waals surface area (Å²) in [6.45, 7) is -0.372. The van der Waals surface area contributed by atoms with E-state index in [1.54, 1.807) is 42.5 Å². The van der Waals surface area contributed by atoms with Gasteiger partial charge < -0.3 is 14.8 Å². The van der Waals surface area contributed by atoms with E-state index in [1.807, 2.05) is 6.07 Å². The molecular formula is C16H14BrNO4. The van der Waals surface area contributed by atoms with Crippen LogP contribution in [0.2, 0.25) is 0 Å². The number of amides is 1. The summed E-state index contributed by atoms with van der Waals surface area (Å²) < 4.78 is 10.9. The first kappa shape index (κ1) is 16.0. The highest BCUT2D eigenvalue weighted by atomic mass is 79.9. The molecule has 22 heavy (non-hydrogen) atoms. The first-order chi connectivity index (χ1) is 10.6. The SMILES string of the molecule is COc1ccccc1C(=O)OCC(=O)Nc1cccc(Br)c1. The Morgan fingerprint density at radius 1 is 1.14 bits per heavy atom. The highest BCUT2D eigenvalue weighted by Crippen LogP contribution is 2.18. The Kier molecular flexibility index (Phi) is 5.55. The highest BCUT2D eigenvalue weighted by Gasteiger charge is 2.14. The maximum absolute atomic E-state index is 11.9. The number of rotatable bonds is 5. The fourth-order valence-corrected chi connectivity index (χ4v) is 2.18. The molecule has 0 unspecified atom stereocenters. The van der Waals surface area contributed by atoms with Crippen LogP contribution in [0.25, 0.3) is 0 Å². The van der Waals surface area contributed by atoms with Gasteiger partial charge in [-0.2, -0.15) is 0 Å². The smallest absolute Gasteiger partial charge is 0.342 e. The van der Waals surface area contributed by atoms with Crippen molar-refractivity contribution in [3.63, 3.8) is 0 Å². The Labute approximate surface area is 136 Å². The molecule has 0 atom stereocenters. The normalized spacial score (nSPS) is 9.91. The summed E-state index contributed by atoms with van der Waals surface area (Å²) in [6.07, 6.45) is 0. The number of hydrogen-bond donors (Lipinski definition) is 1. The molecule has 0 spiro atoms. The Bertz CT molecular complexity index is 687. The quantitative estimate of drug-likeness (QED) is 0.828. The van der Waals surface area contributed by atoms with Crippen LogP contribution in [0.5, 0.6) is 5.75 Å². The van der Waals surface area contributed by atoms with Gasteiger partial charge in [0.1, 0.15) is 11.3 Å². The third-order valence-corrected chi connectivity index (χ3v) is 3.26. The number of esters is 1. The molecule has 2 aromatic carbocycles. The van der Waals surface area contributed by atoms with E-state index in [0.717, 1.165) is 4.47 Å². The summed E-state index contributed by atoms with van der Waals surface area (Å²) in [5, 5.41) is 2.64. The van der Waals surface area contributed by atoms with Gasteiger partial charge in [-0.05, 0) is 30.3 Å². The molecule has 0 aliphatic carbocycles. The molecule has 0 heterocycles. The maximum Gasteiger partial charge on any atom is 0.342 e. The molecule has 0 saturated carbocycles. The minimum atomic E-state index is -0.609. The summed E-state index contributed by atoms with van der Waals surface area (Å²) in [6, 6.07) is 13.8. The lowest BCUT2D eigenvalue weighted by molar-refractivity contribution is -0.119. The predicted molar refractivity (Wildman–Crippen MR) is 86.0 cm³/mol. The van der Waals surface area contributed by atoms with Crippen LogP contribution < -0.4 is 10.1 Å². The lowest BCUT2D eigenvalue weighted by Crippen LogP contribution is -2.21. The number of benzene rings is 2. The van der Waals surface area contributed by atoms with Crippen molar-refractivity contribution in [1.29, 1.82) is 0 Å². The summed E-state index contributed by atoms with van der Waals surface area (Å²) in [7, 11) is 1.46. The van der Waals surface area contributed by atoms with Crippen LogP contribution in [0.1, 0.15) is 10.4 Å². The topological polar surface area (TPSA) is 64.6 Å². The number of para-hydroxylation sites is 1. The number of carbonyl (C=O) groups excluding carboxylic acids is 2. The molecule has 0 radical (unpaired) electrons. The van der Waals surface area contributed by atoms with E-state index < -0.39 is 11.9 Å². The van der Waals surface area contributed by atoms with E-state index in [-0.39, 0.29) is 12.2 Å². The van der Waals surface area contributed by atoms with Crippen molar-refractivity contribution < 1.29 is 19.1 Å². The minimum Gasteiger partial charge on any atom is -0.496 e. The van der Waals surface area contributed by atoms with Crippen LogP contribution in [-0.4, -0.2) is 25.6 Å². The van der Waals surface area contributed by atoms with E-state index in [2.05, 4.69) is 21.2 Å². The van der Waals surface area contributed by atoms with Gasteiger partial charge in [0.15, 0.2) is 6.61 Å². The summed E-state index contributed by atoms with van der Waals surface area (Å²) in [5.41, 5.74) is 0.896. The van der Waals surface area contributed by atoms with Crippen molar-refractivity contribution in [3.05, 3.63) is 58.6 Å². The Morgan fingerprint density at radius 3 is 2.64 bits per heavy atom. The Balaban J connectivity index is 1.92. The number of anilines is 1. The van der Waals surface area contributed by atoms with E-state index in [9.17, 15) is 9.59 Å². The first-order valence-electron chi connectivity index (χ1n) is 6.45. The molecule has 0 aliphatic rings. The van der Waals surface area contributed by atoms with Gasteiger partial charge in [0.2, 0.25) is 0 Å². The Morgan fingerprint density at radius 2 is 1.91 bits per heavy atom. The standard InChI is InChI=1S/C16H14BrNO4/c1-21-14-8-3-2-7-13(14)16(20)22-10-15(19)18-12-6-4-5-11(17)9-12/h2-9H,10H2,1H3,(H,18,19). The lowest BCUT2D eigenvalue weighted by Gasteiger charge is -2.09. The highest BCUT2D eigenvalue weighted by molar-refractivity contribution is 9.10. The zero-order chi connectivity index (χ0) is 15.9. The average molecular weight is 364 g/mol. The molecule has 1 N–H and O–H groups in total. The monoisotopic (exact) mass is 363 g/mol. The van der Waals surface area contributed by atoms with Crippen molar-refractivity contribution in [3.8, 4) is 5.75 Å². The Hall–Kier alpha value is -2.34. The number of hydrogen-bond acceptors (Lipinski definition) is 4. The van der Waals surface area contributed by atoms with Crippen molar-refractivity contribution >= 4 is 33.5 Å². The van der Waals surface area contributed by atoms with Crippen molar-refractivity contribution in [2.24, 2.45) is 0 Å². The van der Waals surface area contributed by atoms with Crippen LogP contribution in [0.3, 0.4) is 0 Å². The summed E-state index contributed by atoms with van der Waals surface area (Å²) in [5.74, 6) is -0.622. The van der Waals surface area contributed by atoms with Gasteiger partial charge in [0.05, 0.1) is 7.11 Å². The van der Waals surface area contributed by atoms with Gasteiger partial charge in [0.25, 0.3) is 5.91 Å². The molecule has 0 aromatic heterocycles. The van der Waals surface area contributed by atoms with Gasteiger partial charge in [-0.1, -0.05) is 34.1 Å². The third kappa shape index (κ3) is 4.33. The zero-order valence-corrected chi connectivity index (χ0v) is 13.4. The summed E-state index contributed by atoms with van der Waals surface area (Å²) >= 11 is 3.31. The molecule has 6 heteroatoms. The van der Waals surface area contributed by atoms with E-state index in [4.69, 9.17) is 9.47 Å². The van der Waals surface area contributed by atoms with E-state index in [1.165, 1.54) is 7.11 Å². The van der Waals surface area contributed by atoms with Gasteiger partial charge >= 0.3 is 5.97 Å². The van der Waals surface area contributed by atoms with Crippen LogP contribution in [0, 0.1) is 0 Å². The van der Waals surface area contributed by atoms with E-state index >= 15 is 0 Å². The van der Waals surface area contributed by atoms with Gasteiger partial charge in [-0.15, -0.1) is 0 Å². The second-order valence-corrected chi connectivity index (χ2v) is 5.25. The van der Waals surface area contributed by atoms with Crippen LogP contribution in [-0.2, 0) is 9.53 Å². The van der Waals surface area contributed by atoms with E-state index in [0.29, 0.717) is 11.4 Å². The molecule has 2 rings (SSSR count). The van der Waals surface area contributed by atoms with Crippen molar-refractivity contribution in [1.82, 2.24) is 0 Å². The number of methoxy groups -OCH3 is 1. The molecule has 114 valence electrons. The number of ether oxygens (including phenoxy) is 2. The van der Waals surface area contributed by atoms with Gasteiger partial charge in [-0.25, -0.2) is 4.79 Å². The van der Waals surface area contributed by atoms with Crippen LogP contribution >= 0.6 is 15.9 Å². The number of carbonyl (C=O) groups is 2. The molecule has 1 amide bonds. The maximum atomic E-state index is 11.9. The molecule has 2 aromatic rings. The minimum absolute atomic E-state index is 0.278. The fourth-order valence-electron chi connectivity index (χ4n) is 1.79. The van der Waals surface area contributed by atoms with Crippen LogP contribution in [0.4, 0.5) is 5.69 Å². The average Bonchev–Trinajstić information content (AvgIpc) is 2.52. The molecule has 5 nitrogen and oxygen atoms in total.